The molecule has 0 aromatic rings. The van der Waals surface area contributed by atoms with E-state index in [1.807, 2.05) is 5.32 Å². The van der Waals surface area contributed by atoms with Crippen molar-refractivity contribution in [1.82, 2.24) is 5.32 Å². The van der Waals surface area contributed by atoms with Crippen molar-refractivity contribution in [2.45, 2.75) is 25.1 Å². The summed E-state index contributed by atoms with van der Waals surface area (Å²) in [5, 5.41) is 25.7. The molecule has 20 heavy (non-hydrogen) atoms. The van der Waals surface area contributed by atoms with Crippen molar-refractivity contribution in [3.63, 3.8) is 0 Å². The molecule has 9 nitrogen and oxygen atoms in total. The standard InChI is InChI=1S/C6H10N2O5.C2HF3O2/c7-6(13)8-3(5(11)12)1-2-4(9)10;3-2(4,5)1(6)7/h3H,1-2H2,(H,9,10)(H,11,12)(H3,7,8,13);(H,6,7)/t3-;/m0./s1. The second-order valence-corrected chi connectivity index (χ2v) is 3.13. The number of carboxylic acid groups (broad SMARTS) is 3. The first-order valence-corrected chi connectivity index (χ1v) is 4.68. The Morgan fingerprint density at radius 2 is 1.50 bits per heavy atom. The summed E-state index contributed by atoms with van der Waals surface area (Å²) in [7, 11) is 0. The number of nitrogens with two attached hydrogens (primary N) is 1. The molecule has 0 heterocycles. The number of aliphatic carboxylic acids is 3. The number of carboxylic acids is 3. The zero-order valence-electron chi connectivity index (χ0n) is 9.68. The number of nitrogens with one attached hydrogen (secondary N) is 1. The molecule has 2 amide bonds. The van der Waals surface area contributed by atoms with Crippen LogP contribution in [-0.2, 0) is 14.4 Å². The summed E-state index contributed by atoms with van der Waals surface area (Å²) < 4.78 is 31.7. The van der Waals surface area contributed by atoms with E-state index in [0.29, 0.717) is 0 Å². The Labute approximate surface area is 109 Å². The summed E-state index contributed by atoms with van der Waals surface area (Å²) in [6, 6.07) is -2.23. The summed E-state index contributed by atoms with van der Waals surface area (Å²) in [5.41, 5.74) is 4.68. The lowest BCUT2D eigenvalue weighted by Gasteiger charge is -2.10. The van der Waals surface area contributed by atoms with Crippen LogP contribution in [0, 0.1) is 0 Å². The fourth-order valence-electron chi connectivity index (χ4n) is 0.697. The van der Waals surface area contributed by atoms with Crippen molar-refractivity contribution >= 4 is 23.9 Å². The predicted octanol–water partition coefficient (Wildman–Crippen LogP) is -0.394. The SMILES string of the molecule is NC(=O)N[C@@H](CCC(=O)O)C(=O)O.O=C(O)C(F)(F)F. The van der Waals surface area contributed by atoms with Crippen LogP contribution >= 0.6 is 0 Å². The maximum Gasteiger partial charge on any atom is 0.490 e. The van der Waals surface area contributed by atoms with Crippen LogP contribution in [0.3, 0.4) is 0 Å². The monoisotopic (exact) mass is 304 g/mol. The minimum atomic E-state index is -5.08. The molecular weight excluding hydrogens is 293 g/mol. The van der Waals surface area contributed by atoms with E-state index in [1.54, 1.807) is 0 Å². The molecule has 0 bridgehead atoms. The van der Waals surface area contributed by atoms with E-state index in [4.69, 9.17) is 20.1 Å². The Kier molecular flexibility index (Phi) is 8.47. The maximum absolute atomic E-state index is 10.6. The second kappa shape index (κ2) is 8.55. The summed E-state index contributed by atoms with van der Waals surface area (Å²) in [6.07, 6.45) is -5.61. The Morgan fingerprint density at radius 1 is 1.10 bits per heavy atom. The number of amides is 2. The summed E-state index contributed by atoms with van der Waals surface area (Å²) >= 11 is 0. The highest BCUT2D eigenvalue weighted by Crippen LogP contribution is 2.13. The first-order valence-electron chi connectivity index (χ1n) is 4.68. The molecule has 0 aliphatic rings. The lowest BCUT2D eigenvalue weighted by Crippen LogP contribution is -2.43. The van der Waals surface area contributed by atoms with Crippen molar-refractivity contribution in [2.75, 3.05) is 0 Å². The Morgan fingerprint density at radius 3 is 1.70 bits per heavy atom. The zero-order chi connectivity index (χ0) is 16.5. The van der Waals surface area contributed by atoms with Crippen LogP contribution in [0.25, 0.3) is 0 Å². The van der Waals surface area contributed by atoms with Crippen LogP contribution in [0.2, 0.25) is 0 Å². The molecule has 0 saturated carbocycles. The van der Waals surface area contributed by atoms with Crippen LogP contribution in [-0.4, -0.2) is 51.5 Å². The Hall–Kier alpha value is -2.53. The van der Waals surface area contributed by atoms with E-state index < -0.39 is 36.2 Å². The van der Waals surface area contributed by atoms with E-state index in [9.17, 15) is 27.6 Å². The highest BCUT2D eigenvalue weighted by molar-refractivity contribution is 5.82. The van der Waals surface area contributed by atoms with Crippen LogP contribution < -0.4 is 11.1 Å². The highest BCUT2D eigenvalue weighted by atomic mass is 19.4. The van der Waals surface area contributed by atoms with Gasteiger partial charge in [-0.1, -0.05) is 0 Å². The van der Waals surface area contributed by atoms with Crippen LogP contribution in [0.5, 0.6) is 0 Å². The molecule has 1 atom stereocenters. The topological polar surface area (TPSA) is 167 Å². The summed E-state index contributed by atoms with van der Waals surface area (Å²) in [4.78, 5) is 39.6. The molecule has 0 aliphatic carbocycles. The van der Waals surface area contributed by atoms with Crippen LogP contribution in [0.1, 0.15) is 12.8 Å². The Balaban J connectivity index is 0. The largest absolute Gasteiger partial charge is 0.490 e. The third-order valence-corrected chi connectivity index (χ3v) is 1.50. The molecule has 0 aromatic heterocycles. The van der Waals surface area contributed by atoms with E-state index in [-0.39, 0.29) is 12.8 Å². The lowest BCUT2D eigenvalue weighted by atomic mass is 10.1. The predicted molar refractivity (Wildman–Crippen MR) is 54.7 cm³/mol. The number of primary amides is 1. The number of halogens is 3. The molecule has 6 N–H and O–H groups in total. The minimum Gasteiger partial charge on any atom is -0.481 e. The van der Waals surface area contributed by atoms with Gasteiger partial charge in [-0.25, -0.2) is 14.4 Å². The van der Waals surface area contributed by atoms with Crippen molar-refractivity contribution in [1.29, 1.82) is 0 Å². The van der Waals surface area contributed by atoms with E-state index >= 15 is 0 Å². The molecule has 0 spiro atoms. The molecule has 0 aromatic carbocycles. The van der Waals surface area contributed by atoms with Gasteiger partial charge < -0.3 is 26.4 Å². The second-order valence-electron chi connectivity index (χ2n) is 3.13. The molecule has 0 unspecified atom stereocenters. The van der Waals surface area contributed by atoms with Gasteiger partial charge >= 0.3 is 30.1 Å². The van der Waals surface area contributed by atoms with Crippen molar-refractivity contribution in [2.24, 2.45) is 5.73 Å². The third kappa shape index (κ3) is 11.9. The summed E-state index contributed by atoms with van der Waals surface area (Å²) in [6.45, 7) is 0. The molecule has 0 radical (unpaired) electrons. The number of hydrogen-bond donors (Lipinski definition) is 5. The molecule has 0 rings (SSSR count). The van der Waals surface area contributed by atoms with Gasteiger partial charge in [0.15, 0.2) is 0 Å². The number of alkyl halides is 3. The van der Waals surface area contributed by atoms with E-state index in [1.165, 1.54) is 0 Å². The van der Waals surface area contributed by atoms with Crippen molar-refractivity contribution < 1.29 is 47.7 Å². The van der Waals surface area contributed by atoms with Gasteiger partial charge in [-0.05, 0) is 6.42 Å². The Bertz CT molecular complexity index is 383. The fraction of sp³-hybridized carbons (Fsp3) is 0.500. The number of urea groups is 1. The normalized spacial score (nSPS) is 11.6. The first kappa shape index (κ1) is 19.8. The van der Waals surface area contributed by atoms with Gasteiger partial charge in [-0.3, -0.25) is 4.79 Å². The van der Waals surface area contributed by atoms with E-state index in [0.717, 1.165) is 0 Å². The number of carbonyl (C=O) groups excluding carboxylic acids is 1. The van der Waals surface area contributed by atoms with Gasteiger partial charge in [-0.2, -0.15) is 13.2 Å². The number of rotatable bonds is 5. The molecule has 116 valence electrons. The third-order valence-electron chi connectivity index (χ3n) is 1.50. The van der Waals surface area contributed by atoms with Gasteiger partial charge in [0.25, 0.3) is 0 Å². The average Bonchev–Trinajstić information content (AvgIpc) is 2.22. The quantitative estimate of drug-likeness (QED) is 0.460. The van der Waals surface area contributed by atoms with Crippen molar-refractivity contribution in [3.8, 4) is 0 Å². The highest BCUT2D eigenvalue weighted by Gasteiger charge is 2.38. The summed E-state index contributed by atoms with van der Waals surface area (Å²) in [5.74, 6) is -5.19. The van der Waals surface area contributed by atoms with Crippen LogP contribution in [0.15, 0.2) is 0 Å². The molecule has 0 aliphatic heterocycles. The van der Waals surface area contributed by atoms with E-state index in [2.05, 4.69) is 5.73 Å². The van der Waals surface area contributed by atoms with Crippen molar-refractivity contribution in [3.05, 3.63) is 0 Å². The fourth-order valence-corrected chi connectivity index (χ4v) is 0.697. The first-order chi connectivity index (χ1) is 8.87. The van der Waals surface area contributed by atoms with Gasteiger partial charge in [0, 0.05) is 6.42 Å². The average molecular weight is 304 g/mol. The van der Waals surface area contributed by atoms with Gasteiger partial charge in [0.2, 0.25) is 0 Å². The lowest BCUT2D eigenvalue weighted by molar-refractivity contribution is -0.192. The molecular formula is C8H11F3N2O7. The molecule has 0 saturated heterocycles. The zero-order valence-corrected chi connectivity index (χ0v) is 9.68. The van der Waals surface area contributed by atoms with Gasteiger partial charge in [0.05, 0.1) is 0 Å². The maximum atomic E-state index is 10.6. The molecule has 0 fully saturated rings. The van der Waals surface area contributed by atoms with Gasteiger partial charge in [0.1, 0.15) is 6.04 Å². The van der Waals surface area contributed by atoms with Gasteiger partial charge in [-0.15, -0.1) is 0 Å². The minimum absolute atomic E-state index is 0.187. The number of hydrogen-bond acceptors (Lipinski definition) is 4. The smallest absolute Gasteiger partial charge is 0.481 e. The number of carbonyl (C=O) groups is 4. The van der Waals surface area contributed by atoms with Crippen LogP contribution in [0.4, 0.5) is 18.0 Å². The molecule has 12 heteroatoms.